The van der Waals surface area contributed by atoms with Gasteiger partial charge in [-0.05, 0) is 41.0 Å². The molecule has 10 heteroatoms. The van der Waals surface area contributed by atoms with Gasteiger partial charge in [0.15, 0.2) is 0 Å². The van der Waals surface area contributed by atoms with Crippen molar-refractivity contribution in [3.63, 3.8) is 0 Å². The number of fused-ring (bicyclic) bond motifs is 7. The zero-order valence-corrected chi connectivity index (χ0v) is 22.8. The van der Waals surface area contributed by atoms with Crippen LogP contribution in [0.5, 0.6) is 0 Å². The lowest BCUT2D eigenvalue weighted by Crippen LogP contribution is -2.39. The number of likely N-dealkylation sites (N-methyl/N-ethyl adjacent to an activating group) is 1. The van der Waals surface area contributed by atoms with Crippen molar-refractivity contribution in [2.24, 2.45) is 5.92 Å². The van der Waals surface area contributed by atoms with E-state index in [0.717, 1.165) is 19.6 Å². The van der Waals surface area contributed by atoms with Crippen LogP contribution in [0.1, 0.15) is 39.6 Å². The smallest absolute Gasteiger partial charge is 0.263 e. The van der Waals surface area contributed by atoms with Crippen LogP contribution < -0.4 is 10.9 Å². The summed E-state index contributed by atoms with van der Waals surface area (Å²) in [6.45, 7) is 5.21. The monoisotopic (exact) mass is 539 g/mol. The highest BCUT2D eigenvalue weighted by atomic mass is 16.2. The molecule has 2 aliphatic rings. The fourth-order valence-corrected chi connectivity index (χ4v) is 5.99. The maximum absolute atomic E-state index is 13.1. The highest BCUT2D eigenvalue weighted by molar-refractivity contribution is 5.93. The van der Waals surface area contributed by atoms with Crippen molar-refractivity contribution >= 4 is 22.6 Å². The van der Waals surface area contributed by atoms with E-state index in [1.807, 2.05) is 10.9 Å². The van der Waals surface area contributed by atoms with Gasteiger partial charge < -0.3 is 14.8 Å². The number of amides is 2. The average molecular weight is 540 g/mol. The number of aromatic nitrogens is 4. The Morgan fingerprint density at radius 2 is 1.82 bits per heavy atom. The number of carbonyl (C=O) groups excluding carboxylic acids is 2. The summed E-state index contributed by atoms with van der Waals surface area (Å²) in [5, 5.41) is 14.3. The number of hydrogen-bond donors (Lipinski definition) is 1. The maximum Gasteiger partial charge on any atom is 0.263 e. The Balaban J connectivity index is 1.30. The van der Waals surface area contributed by atoms with E-state index in [1.165, 1.54) is 37.4 Å². The van der Waals surface area contributed by atoms with Gasteiger partial charge in [0.05, 0.1) is 18.8 Å². The van der Waals surface area contributed by atoms with Gasteiger partial charge >= 0.3 is 0 Å². The minimum Gasteiger partial charge on any atom is -0.354 e. The van der Waals surface area contributed by atoms with Gasteiger partial charge in [-0.3, -0.25) is 19.3 Å². The molecule has 4 aromatic rings. The van der Waals surface area contributed by atoms with Crippen molar-refractivity contribution in [2.45, 2.75) is 32.5 Å². The van der Waals surface area contributed by atoms with Crippen molar-refractivity contribution in [1.29, 1.82) is 0 Å². The maximum atomic E-state index is 13.1. The van der Waals surface area contributed by atoms with Crippen LogP contribution in [0, 0.1) is 12.8 Å². The first kappa shape index (κ1) is 25.9. The van der Waals surface area contributed by atoms with E-state index in [1.54, 1.807) is 19.3 Å². The lowest BCUT2D eigenvalue weighted by Gasteiger charge is -2.20. The summed E-state index contributed by atoms with van der Waals surface area (Å²) in [4.78, 5) is 42.9. The normalized spacial score (nSPS) is 20.5. The third kappa shape index (κ3) is 5.02. The number of hydrogen-bond acceptors (Lipinski definition) is 6. The summed E-state index contributed by atoms with van der Waals surface area (Å²) in [5.74, 6) is -0.406. The van der Waals surface area contributed by atoms with E-state index < -0.39 is 0 Å². The first-order valence-electron chi connectivity index (χ1n) is 13.7. The predicted molar refractivity (Wildman–Crippen MR) is 151 cm³/mol. The molecular formula is C30H33N7O3. The Labute approximate surface area is 232 Å². The number of likely N-dealkylation sites (tertiary alicyclic amines) is 1. The molecule has 4 bridgehead atoms. The summed E-state index contributed by atoms with van der Waals surface area (Å²) in [5.41, 5.74) is 2.85. The molecule has 1 fully saturated rings. The summed E-state index contributed by atoms with van der Waals surface area (Å²) >= 11 is 0. The minimum absolute atomic E-state index is 0.0320. The first-order valence-corrected chi connectivity index (χ1v) is 13.7. The zero-order chi connectivity index (χ0) is 27.8. The fraction of sp³-hybridized carbons (Fsp3) is 0.367. The zero-order valence-electron chi connectivity index (χ0n) is 22.8. The van der Waals surface area contributed by atoms with Gasteiger partial charge in [-0.15, -0.1) is 5.10 Å². The molecule has 4 heterocycles. The standard InChI is InChI=1S/C30H33N7O3/c1-20-9-10-21(25-7-4-3-6-24(20)25)15-35-16-22-14-28(38)31-11-13-34(2)29(39)26-8-5-12-36(30(26)40)17-23-18-37(33-32-23)27(22)19-35/h3-10,12,18,22,27H,11,13-17,19H2,1-2H3,(H,31,38)/t22-,27+/m0/s1. The SMILES string of the molecule is Cc1ccc(CN2C[C@@H]3CC(=O)NCCN(C)C(=O)c4cccn(c4=O)Cc4cn(nn4)[C@@H]3C2)c2ccccc12. The first-order chi connectivity index (χ1) is 19.4. The van der Waals surface area contributed by atoms with Gasteiger partial charge in [-0.2, -0.15) is 0 Å². The van der Waals surface area contributed by atoms with Crippen molar-refractivity contribution in [3.8, 4) is 0 Å². The van der Waals surface area contributed by atoms with E-state index in [2.05, 4.69) is 63.9 Å². The highest BCUT2D eigenvalue weighted by Gasteiger charge is 2.36. The van der Waals surface area contributed by atoms with E-state index in [4.69, 9.17) is 0 Å². The Kier molecular flexibility index (Phi) is 6.93. The second-order valence-corrected chi connectivity index (χ2v) is 10.9. The van der Waals surface area contributed by atoms with Gasteiger partial charge in [-0.1, -0.05) is 41.6 Å². The Bertz CT molecular complexity index is 1640. The van der Waals surface area contributed by atoms with Gasteiger partial charge in [-0.25, -0.2) is 4.68 Å². The molecular weight excluding hydrogens is 506 g/mol. The number of aryl methyl sites for hydroxylation is 1. The molecule has 0 saturated carbocycles. The molecule has 0 spiro atoms. The molecule has 2 atom stereocenters. The van der Waals surface area contributed by atoms with Crippen LogP contribution >= 0.6 is 0 Å². The van der Waals surface area contributed by atoms with E-state index >= 15 is 0 Å². The Morgan fingerprint density at radius 3 is 2.67 bits per heavy atom. The van der Waals surface area contributed by atoms with Crippen molar-refractivity contribution < 1.29 is 9.59 Å². The lowest BCUT2D eigenvalue weighted by molar-refractivity contribution is -0.122. The molecule has 2 amide bonds. The summed E-state index contributed by atoms with van der Waals surface area (Å²) in [7, 11) is 1.64. The van der Waals surface area contributed by atoms with E-state index in [0.29, 0.717) is 25.2 Å². The summed E-state index contributed by atoms with van der Waals surface area (Å²) < 4.78 is 3.34. The summed E-state index contributed by atoms with van der Waals surface area (Å²) in [6.07, 6.45) is 3.87. The molecule has 0 radical (unpaired) electrons. The number of benzene rings is 2. The van der Waals surface area contributed by atoms with Crippen LogP contribution in [0.2, 0.25) is 0 Å². The van der Waals surface area contributed by atoms with Crippen LogP contribution in [0.3, 0.4) is 0 Å². The van der Waals surface area contributed by atoms with Crippen molar-refractivity contribution in [1.82, 2.24) is 34.7 Å². The molecule has 6 rings (SSSR count). The van der Waals surface area contributed by atoms with Gasteiger partial charge in [0.2, 0.25) is 5.91 Å². The van der Waals surface area contributed by atoms with Crippen molar-refractivity contribution in [2.75, 3.05) is 33.2 Å². The molecule has 206 valence electrons. The molecule has 2 aromatic carbocycles. The molecule has 1 N–H and O–H groups in total. The highest BCUT2D eigenvalue weighted by Crippen LogP contribution is 2.33. The second kappa shape index (κ2) is 10.7. The molecule has 0 unspecified atom stereocenters. The molecule has 2 aromatic heterocycles. The van der Waals surface area contributed by atoms with Crippen LogP contribution in [0.4, 0.5) is 0 Å². The van der Waals surface area contributed by atoms with Crippen LogP contribution in [0.15, 0.2) is 65.7 Å². The van der Waals surface area contributed by atoms with Crippen LogP contribution in [0.25, 0.3) is 10.8 Å². The van der Waals surface area contributed by atoms with E-state index in [9.17, 15) is 14.4 Å². The number of carbonyl (C=O) groups is 2. The largest absolute Gasteiger partial charge is 0.354 e. The average Bonchev–Trinajstić information content (AvgIpc) is 3.57. The predicted octanol–water partition coefficient (Wildman–Crippen LogP) is 2.21. The quantitative estimate of drug-likeness (QED) is 0.419. The van der Waals surface area contributed by atoms with Crippen LogP contribution in [-0.4, -0.2) is 74.4 Å². The minimum atomic E-state index is -0.375. The van der Waals surface area contributed by atoms with Crippen molar-refractivity contribution in [3.05, 3.63) is 93.7 Å². The van der Waals surface area contributed by atoms with Gasteiger partial charge in [0, 0.05) is 58.3 Å². The number of nitrogens with zero attached hydrogens (tertiary/aromatic N) is 6. The van der Waals surface area contributed by atoms with E-state index in [-0.39, 0.29) is 41.4 Å². The molecule has 0 aliphatic carbocycles. The Morgan fingerprint density at radius 1 is 1.00 bits per heavy atom. The van der Waals surface area contributed by atoms with Crippen LogP contribution in [-0.2, 0) is 17.9 Å². The third-order valence-corrected chi connectivity index (χ3v) is 8.15. The second-order valence-electron chi connectivity index (χ2n) is 10.9. The van der Waals surface area contributed by atoms with Gasteiger partial charge in [0.1, 0.15) is 11.3 Å². The third-order valence-electron chi connectivity index (χ3n) is 8.15. The molecule has 10 nitrogen and oxygen atoms in total. The fourth-order valence-electron chi connectivity index (χ4n) is 5.99. The van der Waals surface area contributed by atoms with Gasteiger partial charge in [0.25, 0.3) is 11.5 Å². The molecule has 1 saturated heterocycles. The summed E-state index contributed by atoms with van der Waals surface area (Å²) in [6, 6.07) is 16.0. The molecule has 40 heavy (non-hydrogen) atoms. The Hall–Kier alpha value is -4.31. The number of pyridine rings is 1. The number of rotatable bonds is 2. The number of nitrogens with one attached hydrogen (secondary N) is 1. The molecule has 2 aliphatic heterocycles. The lowest BCUT2D eigenvalue weighted by atomic mass is 9.99. The topological polar surface area (TPSA) is 105 Å².